The number of aryl methyl sites for hydroxylation is 1. The Labute approximate surface area is 187 Å². The highest BCUT2D eigenvalue weighted by molar-refractivity contribution is 6.08. The number of carbonyl (C=O) groups is 1. The molecule has 0 radical (unpaired) electrons. The van der Waals surface area contributed by atoms with E-state index in [1.54, 1.807) is 13.3 Å². The van der Waals surface area contributed by atoms with Crippen LogP contribution in [0, 0.1) is 6.92 Å². The lowest BCUT2D eigenvalue weighted by atomic mass is 9.99. The summed E-state index contributed by atoms with van der Waals surface area (Å²) in [5.74, 6) is 0.996. The predicted octanol–water partition coefficient (Wildman–Crippen LogP) is 5.50. The van der Waals surface area contributed by atoms with Gasteiger partial charge in [0, 0.05) is 0 Å². The zero-order chi connectivity index (χ0) is 22.3. The highest BCUT2D eigenvalue weighted by Gasteiger charge is 2.12. The summed E-state index contributed by atoms with van der Waals surface area (Å²) in [4.78, 5) is 12.8. The van der Waals surface area contributed by atoms with E-state index < -0.39 is 0 Å². The lowest BCUT2D eigenvalue weighted by Gasteiger charge is -2.11. The molecule has 1 amide bonds. The number of methoxy groups -OCH3 is 1. The van der Waals surface area contributed by atoms with Gasteiger partial charge in [0.25, 0.3) is 5.91 Å². The van der Waals surface area contributed by atoms with E-state index in [-0.39, 0.29) is 5.91 Å². The zero-order valence-electron chi connectivity index (χ0n) is 18.0. The number of hydrogen-bond acceptors (Lipinski definition) is 4. The number of carbonyl (C=O) groups excluding carboxylic acids is 1. The predicted molar refractivity (Wildman–Crippen MR) is 128 cm³/mol. The van der Waals surface area contributed by atoms with Crippen molar-refractivity contribution >= 4 is 22.9 Å². The van der Waals surface area contributed by atoms with Crippen molar-refractivity contribution in [3.63, 3.8) is 0 Å². The molecule has 4 aromatic rings. The van der Waals surface area contributed by atoms with E-state index >= 15 is 0 Å². The number of benzene rings is 4. The van der Waals surface area contributed by atoms with Gasteiger partial charge in [-0.15, -0.1) is 0 Å². The van der Waals surface area contributed by atoms with Crippen LogP contribution in [0.2, 0.25) is 0 Å². The molecule has 5 heteroatoms. The fraction of sp³-hybridized carbons (Fsp3) is 0.111. The van der Waals surface area contributed by atoms with Gasteiger partial charge in [-0.1, -0.05) is 66.7 Å². The molecule has 0 heterocycles. The summed E-state index contributed by atoms with van der Waals surface area (Å²) in [6.07, 6.45) is 1.59. The van der Waals surface area contributed by atoms with E-state index in [0.717, 1.165) is 27.5 Å². The van der Waals surface area contributed by atoms with Gasteiger partial charge >= 0.3 is 0 Å². The molecule has 0 fully saturated rings. The minimum absolute atomic E-state index is 0.245. The first-order valence-electron chi connectivity index (χ1n) is 10.3. The normalized spacial score (nSPS) is 10.9. The van der Waals surface area contributed by atoms with Crippen LogP contribution >= 0.6 is 0 Å². The van der Waals surface area contributed by atoms with Crippen molar-refractivity contribution in [1.29, 1.82) is 0 Å². The molecule has 32 heavy (non-hydrogen) atoms. The molecule has 0 saturated heterocycles. The maximum absolute atomic E-state index is 12.8. The molecule has 0 bridgehead atoms. The lowest BCUT2D eigenvalue weighted by Crippen LogP contribution is -2.19. The number of fused-ring (bicyclic) bond motifs is 1. The number of hydrogen-bond donors (Lipinski definition) is 1. The largest absolute Gasteiger partial charge is 0.493 e. The van der Waals surface area contributed by atoms with Gasteiger partial charge in [0.05, 0.1) is 18.9 Å². The van der Waals surface area contributed by atoms with E-state index in [9.17, 15) is 4.79 Å². The van der Waals surface area contributed by atoms with Gasteiger partial charge in [-0.25, -0.2) is 5.43 Å². The third kappa shape index (κ3) is 4.78. The number of ether oxygens (including phenoxy) is 2. The number of hydrazone groups is 1. The highest BCUT2D eigenvalue weighted by atomic mass is 16.5. The Kier molecular flexibility index (Phi) is 6.46. The van der Waals surface area contributed by atoms with E-state index in [2.05, 4.69) is 10.5 Å². The third-order valence-corrected chi connectivity index (χ3v) is 5.17. The average Bonchev–Trinajstić information content (AvgIpc) is 2.83. The summed E-state index contributed by atoms with van der Waals surface area (Å²) >= 11 is 0. The second-order valence-corrected chi connectivity index (χ2v) is 7.36. The van der Waals surface area contributed by atoms with Gasteiger partial charge in [0.15, 0.2) is 11.5 Å². The molecule has 4 aromatic carbocycles. The zero-order valence-corrected chi connectivity index (χ0v) is 18.0. The first-order chi connectivity index (χ1) is 15.7. The van der Waals surface area contributed by atoms with Crippen LogP contribution in [0.5, 0.6) is 11.5 Å². The van der Waals surface area contributed by atoms with Gasteiger partial charge in [-0.2, -0.15) is 5.10 Å². The summed E-state index contributed by atoms with van der Waals surface area (Å²) < 4.78 is 11.3. The monoisotopic (exact) mass is 424 g/mol. The second-order valence-electron chi connectivity index (χ2n) is 7.36. The molecule has 0 aliphatic heterocycles. The number of amides is 1. The highest BCUT2D eigenvalue weighted by Crippen LogP contribution is 2.28. The Bertz CT molecular complexity index is 1270. The van der Waals surface area contributed by atoms with Crippen LogP contribution in [-0.2, 0) is 6.61 Å². The van der Waals surface area contributed by atoms with Crippen LogP contribution in [0.1, 0.15) is 27.0 Å². The molecule has 0 aliphatic rings. The van der Waals surface area contributed by atoms with Gasteiger partial charge in [-0.05, 0) is 52.6 Å². The van der Waals surface area contributed by atoms with Crippen LogP contribution in [0.4, 0.5) is 0 Å². The molecule has 0 atom stereocenters. The van der Waals surface area contributed by atoms with E-state index in [0.29, 0.717) is 23.7 Å². The smallest absolute Gasteiger partial charge is 0.272 e. The standard InChI is InChI=1S/C27H24N2O3/c1-19-12-14-22-10-6-7-11-23(22)26(19)27(30)29-28-17-21-13-15-24(25(16-21)31-2)32-18-20-8-4-3-5-9-20/h3-17H,18H2,1-2H3,(H,29,30)/b28-17-. The molecular formula is C27H24N2O3. The van der Waals surface area contributed by atoms with Gasteiger partial charge < -0.3 is 9.47 Å². The van der Waals surface area contributed by atoms with E-state index in [1.165, 1.54) is 0 Å². The topological polar surface area (TPSA) is 59.9 Å². The van der Waals surface area contributed by atoms with Crippen LogP contribution in [0.15, 0.2) is 90.0 Å². The van der Waals surface area contributed by atoms with Crippen molar-refractivity contribution in [3.05, 3.63) is 107 Å². The average molecular weight is 425 g/mol. The quantitative estimate of drug-likeness (QED) is 0.315. The van der Waals surface area contributed by atoms with Crippen molar-refractivity contribution in [2.75, 3.05) is 7.11 Å². The van der Waals surface area contributed by atoms with Gasteiger partial charge in [0.1, 0.15) is 6.61 Å². The molecule has 0 aromatic heterocycles. The van der Waals surface area contributed by atoms with Crippen LogP contribution in [0.3, 0.4) is 0 Å². The second kappa shape index (κ2) is 9.79. The molecule has 4 rings (SSSR count). The van der Waals surface area contributed by atoms with Crippen molar-refractivity contribution in [2.24, 2.45) is 5.10 Å². The van der Waals surface area contributed by atoms with Crippen molar-refractivity contribution in [3.8, 4) is 11.5 Å². The Balaban J connectivity index is 1.46. The number of nitrogens with one attached hydrogen (secondary N) is 1. The molecule has 1 N–H and O–H groups in total. The summed E-state index contributed by atoms with van der Waals surface area (Å²) in [6.45, 7) is 2.37. The SMILES string of the molecule is COc1cc(/C=N\NC(=O)c2c(C)ccc3ccccc23)ccc1OCc1ccccc1. The summed E-state index contributed by atoms with van der Waals surface area (Å²) in [5, 5.41) is 6.06. The molecule has 0 spiro atoms. The Morgan fingerprint density at radius 1 is 0.938 bits per heavy atom. The van der Waals surface area contributed by atoms with Crippen molar-refractivity contribution < 1.29 is 14.3 Å². The first kappa shape index (κ1) is 21.1. The number of nitrogens with zero attached hydrogens (tertiary/aromatic N) is 1. The Morgan fingerprint density at radius 2 is 1.72 bits per heavy atom. The summed E-state index contributed by atoms with van der Waals surface area (Å²) in [7, 11) is 1.59. The molecule has 5 nitrogen and oxygen atoms in total. The molecular weight excluding hydrogens is 400 g/mol. The maximum atomic E-state index is 12.8. The van der Waals surface area contributed by atoms with Crippen molar-refractivity contribution in [2.45, 2.75) is 13.5 Å². The number of rotatable bonds is 7. The molecule has 0 unspecified atom stereocenters. The Hall–Kier alpha value is -4.12. The molecule has 160 valence electrons. The minimum atomic E-state index is -0.245. The van der Waals surface area contributed by atoms with Gasteiger partial charge in [0.2, 0.25) is 0 Å². The lowest BCUT2D eigenvalue weighted by molar-refractivity contribution is 0.0956. The van der Waals surface area contributed by atoms with Crippen LogP contribution in [0.25, 0.3) is 10.8 Å². The fourth-order valence-electron chi connectivity index (χ4n) is 3.52. The Morgan fingerprint density at radius 3 is 2.53 bits per heavy atom. The van der Waals surface area contributed by atoms with E-state index in [1.807, 2.05) is 91.9 Å². The minimum Gasteiger partial charge on any atom is -0.493 e. The van der Waals surface area contributed by atoms with Crippen molar-refractivity contribution in [1.82, 2.24) is 5.43 Å². The first-order valence-corrected chi connectivity index (χ1v) is 10.3. The molecule has 0 saturated carbocycles. The summed E-state index contributed by atoms with van der Waals surface area (Å²) in [5.41, 5.74) is 6.02. The van der Waals surface area contributed by atoms with Gasteiger partial charge in [-0.3, -0.25) is 4.79 Å². The van der Waals surface area contributed by atoms with E-state index in [4.69, 9.17) is 9.47 Å². The van der Waals surface area contributed by atoms with Crippen LogP contribution < -0.4 is 14.9 Å². The van der Waals surface area contributed by atoms with Crippen LogP contribution in [-0.4, -0.2) is 19.2 Å². The fourth-order valence-corrected chi connectivity index (χ4v) is 3.52. The third-order valence-electron chi connectivity index (χ3n) is 5.17. The summed E-state index contributed by atoms with van der Waals surface area (Å²) in [6, 6.07) is 27.2. The maximum Gasteiger partial charge on any atom is 0.272 e. The molecule has 0 aliphatic carbocycles.